The van der Waals surface area contributed by atoms with E-state index in [1.54, 1.807) is 23.7 Å². The van der Waals surface area contributed by atoms with Gasteiger partial charge in [0, 0.05) is 17.4 Å². The zero-order chi connectivity index (χ0) is 11.0. The van der Waals surface area contributed by atoms with Gasteiger partial charge in [0.1, 0.15) is 17.3 Å². The molecule has 0 amide bonds. The summed E-state index contributed by atoms with van der Waals surface area (Å²) in [6.07, 6.45) is 2.42. The molecule has 0 atom stereocenters. The Morgan fingerprint density at radius 1 is 1.38 bits per heavy atom. The molecule has 0 fully saturated rings. The molecule has 3 heterocycles. The van der Waals surface area contributed by atoms with Crippen LogP contribution in [0.1, 0.15) is 10.7 Å². The van der Waals surface area contributed by atoms with Crippen LogP contribution < -0.4 is 0 Å². The summed E-state index contributed by atoms with van der Waals surface area (Å²) in [5.41, 5.74) is 0.728. The minimum absolute atomic E-state index is 0.433. The summed E-state index contributed by atoms with van der Waals surface area (Å²) in [5.74, 6) is 0.876. The lowest BCUT2D eigenvalue weighted by Gasteiger charge is -1.97. The molecule has 3 rings (SSSR count). The number of thiophene rings is 1. The van der Waals surface area contributed by atoms with Crippen LogP contribution in [0, 0.1) is 0 Å². The first-order valence-corrected chi connectivity index (χ1v) is 5.96. The van der Waals surface area contributed by atoms with Crippen molar-refractivity contribution in [1.82, 2.24) is 19.6 Å². The lowest BCUT2D eigenvalue weighted by atomic mass is 10.3. The molecule has 80 valence electrons. The molecule has 0 bridgehead atoms. The van der Waals surface area contributed by atoms with Crippen molar-refractivity contribution in [2.24, 2.45) is 0 Å². The van der Waals surface area contributed by atoms with Gasteiger partial charge in [0.05, 0.1) is 0 Å². The molecule has 0 radical (unpaired) electrons. The minimum Gasteiger partial charge on any atom is -0.269 e. The van der Waals surface area contributed by atoms with Crippen LogP contribution in [0.5, 0.6) is 0 Å². The van der Waals surface area contributed by atoms with E-state index >= 15 is 0 Å². The third kappa shape index (κ3) is 1.68. The van der Waals surface area contributed by atoms with E-state index in [0.29, 0.717) is 5.15 Å². The third-order valence-corrected chi connectivity index (χ3v) is 3.33. The number of fused-ring (bicyclic) bond motifs is 1. The molecule has 3 aromatic rings. The molecule has 0 spiro atoms. The highest BCUT2D eigenvalue weighted by Crippen LogP contribution is 2.15. The second-order valence-electron chi connectivity index (χ2n) is 3.31. The highest BCUT2D eigenvalue weighted by atomic mass is 35.5. The lowest BCUT2D eigenvalue weighted by Crippen LogP contribution is -1.95. The molecular formula is C10H7ClN4S. The van der Waals surface area contributed by atoms with Gasteiger partial charge in [-0.05, 0) is 11.4 Å². The average Bonchev–Trinajstić information content (AvgIpc) is 2.89. The van der Waals surface area contributed by atoms with E-state index in [2.05, 4.69) is 21.2 Å². The van der Waals surface area contributed by atoms with Gasteiger partial charge in [0.15, 0.2) is 5.65 Å². The van der Waals surface area contributed by atoms with Crippen molar-refractivity contribution in [3.63, 3.8) is 0 Å². The zero-order valence-electron chi connectivity index (χ0n) is 8.17. The van der Waals surface area contributed by atoms with Crippen LogP contribution in [-0.4, -0.2) is 19.6 Å². The topological polar surface area (TPSA) is 43.1 Å². The Morgan fingerprint density at radius 2 is 2.31 bits per heavy atom. The molecule has 0 aliphatic carbocycles. The van der Waals surface area contributed by atoms with Crippen LogP contribution in [0.25, 0.3) is 5.65 Å². The van der Waals surface area contributed by atoms with Gasteiger partial charge >= 0.3 is 0 Å². The summed E-state index contributed by atoms with van der Waals surface area (Å²) in [6, 6.07) is 5.81. The quantitative estimate of drug-likeness (QED) is 0.656. The third-order valence-electron chi connectivity index (χ3n) is 2.25. The number of hydrogen-bond acceptors (Lipinski definition) is 4. The smallest absolute Gasteiger partial charge is 0.165 e. The molecule has 0 aliphatic heterocycles. The summed E-state index contributed by atoms with van der Waals surface area (Å²) in [4.78, 5) is 5.28. The molecule has 3 aromatic heterocycles. The van der Waals surface area contributed by atoms with Crippen molar-refractivity contribution in [3.05, 3.63) is 45.8 Å². The van der Waals surface area contributed by atoms with Gasteiger partial charge in [0.25, 0.3) is 0 Å². The SMILES string of the molecule is Clc1cc2nnc(Cc3cccs3)n2cn1. The summed E-state index contributed by atoms with van der Waals surface area (Å²) in [5, 5.41) is 10.7. The van der Waals surface area contributed by atoms with Crippen molar-refractivity contribution < 1.29 is 0 Å². The Labute approximate surface area is 101 Å². The van der Waals surface area contributed by atoms with E-state index in [9.17, 15) is 0 Å². The largest absolute Gasteiger partial charge is 0.269 e. The van der Waals surface area contributed by atoms with Crippen LogP contribution in [0.3, 0.4) is 0 Å². The minimum atomic E-state index is 0.433. The van der Waals surface area contributed by atoms with E-state index in [1.165, 1.54) is 4.88 Å². The van der Waals surface area contributed by atoms with E-state index in [4.69, 9.17) is 11.6 Å². The first-order chi connectivity index (χ1) is 7.83. The summed E-state index contributed by atoms with van der Waals surface area (Å²) >= 11 is 7.49. The number of halogens is 1. The van der Waals surface area contributed by atoms with Crippen LogP contribution in [0.4, 0.5) is 0 Å². The molecule has 0 aliphatic rings. The predicted octanol–water partition coefficient (Wildman–Crippen LogP) is 2.43. The molecule has 0 saturated carbocycles. The highest BCUT2D eigenvalue weighted by Gasteiger charge is 2.07. The number of nitrogens with zero attached hydrogens (tertiary/aromatic N) is 4. The Morgan fingerprint density at radius 3 is 3.12 bits per heavy atom. The fourth-order valence-corrected chi connectivity index (χ4v) is 2.35. The fourth-order valence-electron chi connectivity index (χ4n) is 1.51. The zero-order valence-corrected chi connectivity index (χ0v) is 9.74. The second kappa shape index (κ2) is 3.84. The van der Waals surface area contributed by atoms with Gasteiger partial charge in [-0.3, -0.25) is 4.40 Å². The standard InChI is InChI=1S/C10H7ClN4S/c11-8-5-10-14-13-9(15(10)6-12-8)4-7-2-1-3-16-7/h1-3,5-6H,4H2. The van der Waals surface area contributed by atoms with Gasteiger partial charge in [-0.25, -0.2) is 4.98 Å². The van der Waals surface area contributed by atoms with Gasteiger partial charge in [0.2, 0.25) is 0 Å². The van der Waals surface area contributed by atoms with Crippen LogP contribution in [0.15, 0.2) is 29.9 Å². The normalized spacial score (nSPS) is 11.1. The van der Waals surface area contributed by atoms with Crippen LogP contribution in [0.2, 0.25) is 5.15 Å². The van der Waals surface area contributed by atoms with Crippen molar-refractivity contribution in [3.8, 4) is 0 Å². The monoisotopic (exact) mass is 250 g/mol. The molecule has 6 heteroatoms. The molecule has 0 aromatic carbocycles. The maximum Gasteiger partial charge on any atom is 0.165 e. The van der Waals surface area contributed by atoms with Gasteiger partial charge in [-0.1, -0.05) is 17.7 Å². The van der Waals surface area contributed by atoms with Crippen molar-refractivity contribution >= 4 is 28.6 Å². The number of aromatic nitrogens is 4. The van der Waals surface area contributed by atoms with Crippen LogP contribution >= 0.6 is 22.9 Å². The van der Waals surface area contributed by atoms with Gasteiger partial charge in [-0.2, -0.15) is 0 Å². The maximum atomic E-state index is 5.78. The lowest BCUT2D eigenvalue weighted by molar-refractivity contribution is 0.928. The van der Waals surface area contributed by atoms with Gasteiger partial charge < -0.3 is 0 Å². The Balaban J connectivity index is 2.04. The van der Waals surface area contributed by atoms with Crippen molar-refractivity contribution in [2.75, 3.05) is 0 Å². The number of hydrogen-bond donors (Lipinski definition) is 0. The van der Waals surface area contributed by atoms with E-state index < -0.39 is 0 Å². The second-order valence-corrected chi connectivity index (χ2v) is 4.73. The molecule has 0 N–H and O–H groups in total. The predicted molar refractivity (Wildman–Crippen MR) is 62.9 cm³/mol. The van der Waals surface area contributed by atoms with Crippen molar-refractivity contribution in [2.45, 2.75) is 6.42 Å². The number of rotatable bonds is 2. The first-order valence-electron chi connectivity index (χ1n) is 4.70. The van der Waals surface area contributed by atoms with E-state index in [-0.39, 0.29) is 0 Å². The highest BCUT2D eigenvalue weighted by molar-refractivity contribution is 7.09. The van der Waals surface area contributed by atoms with Crippen molar-refractivity contribution in [1.29, 1.82) is 0 Å². The summed E-state index contributed by atoms with van der Waals surface area (Å²) < 4.78 is 1.85. The molecule has 0 unspecified atom stereocenters. The summed E-state index contributed by atoms with van der Waals surface area (Å²) in [6.45, 7) is 0. The van der Waals surface area contributed by atoms with Crippen LogP contribution in [-0.2, 0) is 6.42 Å². The molecule has 4 nitrogen and oxygen atoms in total. The first kappa shape index (κ1) is 9.74. The Bertz CT molecular complexity index is 617. The van der Waals surface area contributed by atoms with E-state index in [0.717, 1.165) is 17.9 Å². The molecular weight excluding hydrogens is 244 g/mol. The molecule has 16 heavy (non-hydrogen) atoms. The maximum absolute atomic E-state index is 5.78. The Kier molecular flexibility index (Phi) is 2.34. The summed E-state index contributed by atoms with van der Waals surface area (Å²) in [7, 11) is 0. The van der Waals surface area contributed by atoms with Gasteiger partial charge in [-0.15, -0.1) is 21.5 Å². The Hall–Kier alpha value is -1.46. The molecule has 0 saturated heterocycles. The average molecular weight is 251 g/mol. The van der Waals surface area contributed by atoms with E-state index in [1.807, 2.05) is 15.8 Å². The fraction of sp³-hybridized carbons (Fsp3) is 0.100.